The number of alkyl halides is 3. The molecule has 3 aromatic rings. The van der Waals surface area contributed by atoms with Crippen LogP contribution in [0.25, 0.3) is 11.8 Å². The summed E-state index contributed by atoms with van der Waals surface area (Å²) in [5, 5.41) is 14.2. The van der Waals surface area contributed by atoms with Crippen LogP contribution in [0.4, 0.5) is 18.3 Å². The summed E-state index contributed by atoms with van der Waals surface area (Å²) >= 11 is 1.25. The van der Waals surface area contributed by atoms with Gasteiger partial charge in [0.15, 0.2) is 5.13 Å². The van der Waals surface area contributed by atoms with Gasteiger partial charge < -0.3 is 4.57 Å². The van der Waals surface area contributed by atoms with Crippen LogP contribution in [0, 0.1) is 32.1 Å². The summed E-state index contributed by atoms with van der Waals surface area (Å²) in [5.74, 6) is -0.601. The monoisotopic (exact) mass is 430 g/mol. The van der Waals surface area contributed by atoms with Gasteiger partial charge in [-0.1, -0.05) is 6.07 Å². The van der Waals surface area contributed by atoms with Gasteiger partial charge in [0.05, 0.1) is 11.3 Å². The molecule has 0 saturated carbocycles. The minimum Gasteiger partial charge on any atom is -0.318 e. The first-order valence-electron chi connectivity index (χ1n) is 8.82. The summed E-state index contributed by atoms with van der Waals surface area (Å²) in [7, 11) is 0. The number of nitriles is 1. The Bertz CT molecular complexity index is 1180. The number of aryl methyl sites for hydroxylation is 2. The van der Waals surface area contributed by atoms with E-state index in [1.54, 1.807) is 42.9 Å². The molecule has 0 bridgehead atoms. The molecule has 9 heteroatoms. The van der Waals surface area contributed by atoms with Gasteiger partial charge in [-0.25, -0.2) is 4.98 Å². The maximum atomic E-state index is 13.1. The van der Waals surface area contributed by atoms with Crippen LogP contribution in [0.15, 0.2) is 41.3 Å². The van der Waals surface area contributed by atoms with Gasteiger partial charge >= 0.3 is 6.18 Å². The van der Waals surface area contributed by atoms with Crippen molar-refractivity contribution in [3.63, 3.8) is 0 Å². The lowest BCUT2D eigenvalue weighted by Gasteiger charge is -2.13. The van der Waals surface area contributed by atoms with Crippen LogP contribution in [0.3, 0.4) is 0 Å². The number of amides is 1. The predicted octanol–water partition coefficient (Wildman–Crippen LogP) is 5.42. The smallest absolute Gasteiger partial charge is 0.318 e. The van der Waals surface area contributed by atoms with Crippen LogP contribution in [0.1, 0.15) is 28.2 Å². The first-order valence-corrected chi connectivity index (χ1v) is 9.70. The zero-order chi connectivity index (χ0) is 22.1. The molecule has 0 aliphatic carbocycles. The second kappa shape index (κ2) is 8.16. The van der Waals surface area contributed by atoms with Gasteiger partial charge in [-0.3, -0.25) is 10.1 Å². The van der Waals surface area contributed by atoms with Crippen molar-refractivity contribution in [2.45, 2.75) is 26.9 Å². The lowest BCUT2D eigenvalue weighted by atomic mass is 10.1. The number of aromatic nitrogens is 2. The van der Waals surface area contributed by atoms with Crippen molar-refractivity contribution in [2.75, 3.05) is 5.32 Å². The number of nitrogens with one attached hydrogen (secondary N) is 1. The molecule has 0 aliphatic rings. The molecule has 0 aliphatic heterocycles. The topological polar surface area (TPSA) is 70.7 Å². The van der Waals surface area contributed by atoms with Crippen molar-refractivity contribution in [1.29, 1.82) is 5.26 Å². The van der Waals surface area contributed by atoms with E-state index in [2.05, 4.69) is 10.3 Å². The fourth-order valence-corrected chi connectivity index (χ4v) is 3.72. The van der Waals surface area contributed by atoms with E-state index in [9.17, 15) is 23.2 Å². The highest BCUT2D eigenvalue weighted by Gasteiger charge is 2.30. The summed E-state index contributed by atoms with van der Waals surface area (Å²) in [4.78, 5) is 16.6. The fraction of sp³-hybridized carbons (Fsp3) is 0.190. The Morgan fingerprint density at radius 2 is 2.00 bits per heavy atom. The van der Waals surface area contributed by atoms with Crippen LogP contribution in [-0.2, 0) is 11.0 Å². The molecule has 0 saturated heterocycles. The van der Waals surface area contributed by atoms with E-state index in [1.807, 2.05) is 6.07 Å². The number of anilines is 1. The quantitative estimate of drug-likeness (QED) is 0.444. The molecule has 30 heavy (non-hydrogen) atoms. The van der Waals surface area contributed by atoms with Crippen molar-refractivity contribution < 1.29 is 18.0 Å². The van der Waals surface area contributed by atoms with Crippen molar-refractivity contribution in [3.8, 4) is 11.8 Å². The molecular weight excluding hydrogens is 413 g/mol. The average molecular weight is 430 g/mol. The normalized spacial score (nSPS) is 12.0. The Labute approximate surface area is 175 Å². The third kappa shape index (κ3) is 4.44. The summed E-state index contributed by atoms with van der Waals surface area (Å²) in [6, 6.07) is 8.58. The Morgan fingerprint density at radius 3 is 2.60 bits per heavy atom. The first kappa shape index (κ1) is 21.3. The summed E-state index contributed by atoms with van der Waals surface area (Å²) in [6.45, 7) is 5.25. The zero-order valence-corrected chi connectivity index (χ0v) is 17.1. The van der Waals surface area contributed by atoms with Gasteiger partial charge in [0.1, 0.15) is 11.6 Å². The number of nitrogens with zero attached hydrogens (tertiary/aromatic N) is 3. The van der Waals surface area contributed by atoms with Gasteiger partial charge in [0, 0.05) is 22.5 Å². The van der Waals surface area contributed by atoms with E-state index in [0.29, 0.717) is 27.8 Å². The molecule has 0 spiro atoms. The van der Waals surface area contributed by atoms with E-state index in [4.69, 9.17) is 0 Å². The fourth-order valence-electron chi connectivity index (χ4n) is 3.03. The minimum atomic E-state index is -4.45. The van der Waals surface area contributed by atoms with Crippen LogP contribution in [-0.4, -0.2) is 15.5 Å². The van der Waals surface area contributed by atoms with E-state index in [1.165, 1.54) is 23.5 Å². The summed E-state index contributed by atoms with van der Waals surface area (Å²) in [5.41, 5.74) is 2.06. The van der Waals surface area contributed by atoms with E-state index < -0.39 is 17.6 Å². The SMILES string of the molecule is Cc1csc(NC(=O)C(C#N)=Cc2cc(C)n(-c3cccc(C(F)(F)F)c3)c2C)n1. The number of rotatable bonds is 4. The summed E-state index contributed by atoms with van der Waals surface area (Å²) in [6.07, 6.45) is -3.03. The number of halogens is 3. The largest absolute Gasteiger partial charge is 0.416 e. The molecule has 0 radical (unpaired) electrons. The van der Waals surface area contributed by atoms with Gasteiger partial charge in [-0.15, -0.1) is 11.3 Å². The van der Waals surface area contributed by atoms with Crippen LogP contribution in [0.5, 0.6) is 0 Å². The number of thiazole rings is 1. The number of hydrogen-bond acceptors (Lipinski definition) is 4. The molecule has 1 amide bonds. The van der Waals surface area contributed by atoms with Crippen LogP contribution in [0.2, 0.25) is 0 Å². The minimum absolute atomic E-state index is 0.132. The molecule has 1 aromatic carbocycles. The van der Waals surface area contributed by atoms with Crippen LogP contribution >= 0.6 is 11.3 Å². The number of carbonyl (C=O) groups is 1. The lowest BCUT2D eigenvalue weighted by molar-refractivity contribution is -0.137. The molecule has 154 valence electrons. The zero-order valence-electron chi connectivity index (χ0n) is 16.3. The highest BCUT2D eigenvalue weighted by Crippen LogP contribution is 2.31. The molecular formula is C21H17F3N4OS. The van der Waals surface area contributed by atoms with E-state index in [-0.39, 0.29) is 5.57 Å². The van der Waals surface area contributed by atoms with Crippen molar-refractivity contribution >= 4 is 28.5 Å². The highest BCUT2D eigenvalue weighted by atomic mass is 32.1. The third-order valence-electron chi connectivity index (χ3n) is 4.41. The standard InChI is InChI=1S/C21H17F3N4OS/c1-12-11-30-20(26-12)27-19(29)16(10-25)8-15-7-13(2)28(14(15)3)18-6-4-5-17(9-18)21(22,23)24/h4-9,11H,1-3H3,(H,26,27,29). The third-order valence-corrected chi connectivity index (χ3v) is 5.28. The van der Waals surface area contributed by atoms with Gasteiger partial charge in [-0.2, -0.15) is 18.4 Å². The maximum absolute atomic E-state index is 13.1. The lowest BCUT2D eigenvalue weighted by Crippen LogP contribution is -2.13. The van der Waals surface area contributed by atoms with Crippen molar-refractivity contribution in [1.82, 2.24) is 9.55 Å². The van der Waals surface area contributed by atoms with Crippen LogP contribution < -0.4 is 5.32 Å². The summed E-state index contributed by atoms with van der Waals surface area (Å²) < 4.78 is 40.9. The molecule has 0 atom stereocenters. The van der Waals surface area contributed by atoms with Gasteiger partial charge in [-0.05, 0) is 56.7 Å². The van der Waals surface area contributed by atoms with Crippen molar-refractivity contribution in [3.05, 3.63) is 69.5 Å². The second-order valence-electron chi connectivity index (χ2n) is 6.63. The number of benzene rings is 1. The van der Waals surface area contributed by atoms with E-state index in [0.717, 1.165) is 17.8 Å². The molecule has 1 N–H and O–H groups in total. The molecule has 2 heterocycles. The highest BCUT2D eigenvalue weighted by molar-refractivity contribution is 7.13. The molecule has 0 unspecified atom stereocenters. The van der Waals surface area contributed by atoms with Crippen molar-refractivity contribution in [2.24, 2.45) is 0 Å². The maximum Gasteiger partial charge on any atom is 0.416 e. The first-order chi connectivity index (χ1) is 14.1. The van der Waals surface area contributed by atoms with Gasteiger partial charge in [0.2, 0.25) is 0 Å². The Morgan fingerprint density at radius 1 is 1.27 bits per heavy atom. The Hall–Kier alpha value is -3.38. The van der Waals surface area contributed by atoms with E-state index >= 15 is 0 Å². The Balaban J connectivity index is 1.96. The average Bonchev–Trinajstić information content (AvgIpc) is 3.21. The number of hydrogen-bond donors (Lipinski definition) is 1. The molecule has 3 rings (SSSR count). The molecule has 0 fully saturated rings. The molecule has 5 nitrogen and oxygen atoms in total. The number of carbonyl (C=O) groups excluding carboxylic acids is 1. The van der Waals surface area contributed by atoms with Gasteiger partial charge in [0.25, 0.3) is 5.91 Å². The Kier molecular flexibility index (Phi) is 5.80. The molecule has 2 aromatic heterocycles. The second-order valence-corrected chi connectivity index (χ2v) is 7.49. The predicted molar refractivity (Wildman–Crippen MR) is 109 cm³/mol.